The molecule has 7 rings (SSSR count). The van der Waals surface area contributed by atoms with E-state index in [9.17, 15) is 4.79 Å². The number of aromatic amines is 2. The number of nitrogens with one attached hydrogen (secondary N) is 3. The van der Waals surface area contributed by atoms with Gasteiger partial charge in [-0.15, -0.1) is 11.3 Å². The highest BCUT2D eigenvalue weighted by Gasteiger charge is 2.18. The van der Waals surface area contributed by atoms with Crippen LogP contribution >= 0.6 is 11.3 Å². The number of benzene rings is 1. The average molecular weight is 529 g/mol. The molecule has 0 unspecified atom stereocenters. The third kappa shape index (κ3) is 4.22. The molecule has 0 spiro atoms. The zero-order valence-electron chi connectivity index (χ0n) is 20.6. The predicted octanol–water partition coefficient (Wildman–Crippen LogP) is 6.25. The number of nitrogens with zero attached hydrogens (tertiary/aromatic N) is 5. The minimum atomic E-state index is -0.202. The zero-order chi connectivity index (χ0) is 26.3. The van der Waals surface area contributed by atoms with E-state index < -0.39 is 0 Å². The van der Waals surface area contributed by atoms with Gasteiger partial charge in [-0.25, -0.2) is 9.97 Å². The number of thiophene rings is 1. The number of hydrogen-bond acceptors (Lipinski definition) is 7. The molecule has 1 aromatic carbocycles. The fraction of sp³-hybridized carbons (Fsp3) is 0.0345. The van der Waals surface area contributed by atoms with Gasteiger partial charge in [-0.05, 0) is 55.5 Å². The topological polar surface area (TPSA) is 125 Å². The van der Waals surface area contributed by atoms with E-state index in [0.29, 0.717) is 34.0 Å². The van der Waals surface area contributed by atoms with E-state index in [1.165, 1.54) is 4.88 Å². The number of pyridine rings is 3. The molecule has 0 radical (unpaired) electrons. The summed E-state index contributed by atoms with van der Waals surface area (Å²) in [4.78, 5) is 37.0. The summed E-state index contributed by atoms with van der Waals surface area (Å²) in [5, 5.41) is 10.5. The van der Waals surface area contributed by atoms with Crippen LogP contribution in [0.2, 0.25) is 0 Å². The first kappa shape index (κ1) is 22.9. The lowest BCUT2D eigenvalue weighted by molar-refractivity contribution is 0.102. The molecule has 0 fully saturated rings. The molecule has 6 heterocycles. The van der Waals surface area contributed by atoms with Crippen molar-refractivity contribution in [1.82, 2.24) is 35.1 Å². The van der Waals surface area contributed by atoms with Crippen molar-refractivity contribution in [2.75, 3.05) is 5.32 Å². The highest BCUT2D eigenvalue weighted by atomic mass is 32.1. The van der Waals surface area contributed by atoms with Crippen LogP contribution in [0.15, 0.2) is 85.3 Å². The number of aryl methyl sites for hydroxylation is 1. The highest BCUT2D eigenvalue weighted by molar-refractivity contribution is 7.15. The van der Waals surface area contributed by atoms with Crippen molar-refractivity contribution in [3.63, 3.8) is 0 Å². The van der Waals surface area contributed by atoms with Crippen molar-refractivity contribution in [3.05, 3.63) is 95.8 Å². The molecule has 10 heteroatoms. The van der Waals surface area contributed by atoms with Crippen LogP contribution in [0.3, 0.4) is 0 Å². The largest absolute Gasteiger partial charge is 0.336 e. The van der Waals surface area contributed by atoms with Crippen LogP contribution in [0.1, 0.15) is 15.2 Å². The molecule has 0 saturated carbocycles. The van der Waals surface area contributed by atoms with Gasteiger partial charge >= 0.3 is 0 Å². The van der Waals surface area contributed by atoms with Crippen LogP contribution < -0.4 is 5.32 Å². The maximum atomic E-state index is 12.6. The minimum Gasteiger partial charge on any atom is -0.336 e. The molecular formula is C29H20N8OS. The lowest BCUT2D eigenvalue weighted by atomic mass is 10.1. The Balaban J connectivity index is 1.25. The van der Waals surface area contributed by atoms with Gasteiger partial charge in [-0.2, -0.15) is 5.10 Å². The van der Waals surface area contributed by atoms with Gasteiger partial charge in [0.15, 0.2) is 11.5 Å². The number of imidazole rings is 1. The smallest absolute Gasteiger partial charge is 0.255 e. The van der Waals surface area contributed by atoms with E-state index in [1.807, 2.05) is 42.5 Å². The lowest BCUT2D eigenvalue weighted by Gasteiger charge is -2.07. The Morgan fingerprint density at radius 1 is 0.897 bits per heavy atom. The van der Waals surface area contributed by atoms with Crippen molar-refractivity contribution in [2.45, 2.75) is 6.92 Å². The number of carbonyl (C=O) groups is 1. The molecule has 0 atom stereocenters. The second kappa shape index (κ2) is 9.26. The third-order valence-electron chi connectivity index (χ3n) is 6.33. The molecule has 3 N–H and O–H groups in total. The lowest BCUT2D eigenvalue weighted by Crippen LogP contribution is -2.11. The molecular weight excluding hydrogens is 508 g/mol. The van der Waals surface area contributed by atoms with E-state index >= 15 is 0 Å². The van der Waals surface area contributed by atoms with Crippen LogP contribution in [0, 0.1) is 6.92 Å². The Morgan fingerprint density at radius 2 is 1.77 bits per heavy atom. The molecule has 0 saturated heterocycles. The fourth-order valence-electron chi connectivity index (χ4n) is 4.46. The van der Waals surface area contributed by atoms with Gasteiger partial charge in [0.1, 0.15) is 16.7 Å². The molecule has 0 aliphatic heterocycles. The van der Waals surface area contributed by atoms with E-state index in [1.54, 1.807) is 42.1 Å². The second-order valence-corrected chi connectivity index (χ2v) is 10.3. The Labute approximate surface area is 226 Å². The summed E-state index contributed by atoms with van der Waals surface area (Å²) in [5.74, 6) is 0.400. The summed E-state index contributed by atoms with van der Waals surface area (Å²) in [6, 6.07) is 20.8. The first-order chi connectivity index (χ1) is 19.1. The molecule has 0 bridgehead atoms. The Hall–Kier alpha value is -5.22. The van der Waals surface area contributed by atoms with Gasteiger partial charge in [0, 0.05) is 28.4 Å². The van der Waals surface area contributed by atoms with E-state index in [-0.39, 0.29) is 5.91 Å². The summed E-state index contributed by atoms with van der Waals surface area (Å²) in [6.07, 6.45) is 5.11. The number of hydrogen-bond donors (Lipinski definition) is 3. The predicted molar refractivity (Wildman–Crippen MR) is 152 cm³/mol. The van der Waals surface area contributed by atoms with E-state index in [2.05, 4.69) is 49.5 Å². The van der Waals surface area contributed by atoms with Crippen LogP contribution in [0.25, 0.3) is 55.4 Å². The van der Waals surface area contributed by atoms with Crippen LogP contribution in [0.5, 0.6) is 0 Å². The maximum Gasteiger partial charge on any atom is 0.255 e. The van der Waals surface area contributed by atoms with Crippen molar-refractivity contribution in [1.29, 1.82) is 0 Å². The molecule has 9 nitrogen and oxygen atoms in total. The van der Waals surface area contributed by atoms with Gasteiger partial charge < -0.3 is 10.3 Å². The summed E-state index contributed by atoms with van der Waals surface area (Å²) >= 11 is 1.69. The number of fused-ring (bicyclic) bond motifs is 2. The first-order valence-corrected chi connectivity index (χ1v) is 13.0. The molecule has 1 amide bonds. The van der Waals surface area contributed by atoms with Crippen molar-refractivity contribution in [2.24, 2.45) is 0 Å². The fourth-order valence-corrected chi connectivity index (χ4v) is 5.32. The Kier molecular flexibility index (Phi) is 5.45. The normalized spacial score (nSPS) is 11.3. The standard InChI is InChI=1S/C29H20N8OS/c1-16-7-10-23(39-16)26-24-21(11-12-31-26)34-28(35-24)27-25-22(36-37-27)9-8-20(33-25)18-13-19(15-30-14-18)32-29(38)17-5-3-2-4-6-17/h2-15H,1H3,(H,32,38)(H,34,35)(H,36,37). The molecule has 0 aliphatic rings. The quantitative estimate of drug-likeness (QED) is 0.243. The number of rotatable bonds is 5. The average Bonchev–Trinajstić information content (AvgIpc) is 3.71. The molecule has 0 aliphatic carbocycles. The first-order valence-electron chi connectivity index (χ1n) is 12.2. The number of aromatic nitrogens is 7. The van der Waals surface area contributed by atoms with Crippen LogP contribution in [-0.2, 0) is 0 Å². The van der Waals surface area contributed by atoms with Crippen molar-refractivity contribution in [3.8, 4) is 33.3 Å². The van der Waals surface area contributed by atoms with Crippen molar-refractivity contribution >= 4 is 45.0 Å². The Morgan fingerprint density at radius 3 is 2.62 bits per heavy atom. The van der Waals surface area contributed by atoms with Gasteiger partial charge in [0.2, 0.25) is 0 Å². The van der Waals surface area contributed by atoms with Gasteiger partial charge in [0.05, 0.1) is 33.5 Å². The molecule has 188 valence electrons. The van der Waals surface area contributed by atoms with Gasteiger partial charge in [-0.1, -0.05) is 18.2 Å². The summed E-state index contributed by atoms with van der Waals surface area (Å²) < 4.78 is 0. The van der Waals surface area contributed by atoms with Crippen molar-refractivity contribution < 1.29 is 4.79 Å². The third-order valence-corrected chi connectivity index (χ3v) is 7.34. The maximum absolute atomic E-state index is 12.6. The summed E-state index contributed by atoms with van der Waals surface area (Å²) in [7, 11) is 0. The molecule has 7 aromatic rings. The van der Waals surface area contributed by atoms with Crippen LogP contribution in [-0.4, -0.2) is 41.0 Å². The highest BCUT2D eigenvalue weighted by Crippen LogP contribution is 2.33. The zero-order valence-corrected chi connectivity index (χ0v) is 21.5. The van der Waals surface area contributed by atoms with Gasteiger partial charge in [0.25, 0.3) is 5.91 Å². The van der Waals surface area contributed by atoms with E-state index in [0.717, 1.165) is 32.7 Å². The number of amides is 1. The molecule has 6 aromatic heterocycles. The summed E-state index contributed by atoms with van der Waals surface area (Å²) in [5.41, 5.74) is 7.17. The van der Waals surface area contributed by atoms with Gasteiger partial charge in [-0.3, -0.25) is 19.9 Å². The second-order valence-electron chi connectivity index (χ2n) is 9.00. The number of anilines is 1. The van der Waals surface area contributed by atoms with E-state index in [4.69, 9.17) is 9.97 Å². The monoisotopic (exact) mass is 528 g/mol. The SMILES string of the molecule is Cc1ccc(-c2nccc3[nH]c(-c4n[nH]c5ccc(-c6cncc(NC(=O)c7ccccc7)c6)nc45)nc23)s1. The Bertz CT molecular complexity index is 1990. The summed E-state index contributed by atoms with van der Waals surface area (Å²) in [6.45, 7) is 2.08. The minimum absolute atomic E-state index is 0.202. The molecule has 39 heavy (non-hydrogen) atoms. The van der Waals surface area contributed by atoms with Crippen LogP contribution in [0.4, 0.5) is 5.69 Å². The number of carbonyl (C=O) groups excluding carboxylic acids is 1. The number of H-pyrrole nitrogens is 2.